The van der Waals surface area contributed by atoms with Crippen molar-refractivity contribution in [2.24, 2.45) is 0 Å². The molecule has 0 saturated heterocycles. The van der Waals surface area contributed by atoms with Crippen LogP contribution in [-0.2, 0) is 0 Å². The molecule has 0 unspecified atom stereocenters. The van der Waals surface area contributed by atoms with Gasteiger partial charge < -0.3 is 0 Å². The molecule has 0 aliphatic rings. The second-order valence-electron chi connectivity index (χ2n) is 2.03. The molecule has 0 amide bonds. The molecule has 11 heavy (non-hydrogen) atoms. The van der Waals surface area contributed by atoms with Gasteiger partial charge in [0.05, 0.1) is 0 Å². The summed E-state index contributed by atoms with van der Waals surface area (Å²) in [7, 11) is 0. The molecule has 1 radical (unpaired) electrons. The Labute approximate surface area is 90.2 Å². The molecule has 1 aromatic carbocycles. The van der Waals surface area contributed by atoms with E-state index in [1.807, 2.05) is 18.2 Å². The Morgan fingerprint density at radius 3 is 2.00 bits per heavy atom. The Kier molecular flexibility index (Phi) is 8.24. The molecule has 0 nitrogen and oxygen atoms in total. The number of benzene rings is 1. The van der Waals surface area contributed by atoms with Crippen molar-refractivity contribution in [3.8, 4) is 0 Å². The lowest BCUT2D eigenvalue weighted by molar-refractivity contribution is 1.42. The minimum atomic E-state index is 0.0417. The molecule has 0 spiro atoms. The van der Waals surface area contributed by atoms with Crippen molar-refractivity contribution in [1.29, 1.82) is 0 Å². The molecule has 0 aliphatic carbocycles. The number of hydrogen-bond donors (Lipinski definition) is 0. The Hall–Kier alpha value is 0.946. The van der Waals surface area contributed by atoms with Gasteiger partial charge in [0.1, 0.15) is 0 Å². The summed E-state index contributed by atoms with van der Waals surface area (Å²) in [6.45, 7) is 5.88. The van der Waals surface area contributed by atoms with E-state index in [0.29, 0.717) is 0 Å². The second kappa shape index (κ2) is 7.59. The molecule has 0 heterocycles. The summed E-state index contributed by atoms with van der Waals surface area (Å²) in [5.41, 5.74) is 2.38. The highest BCUT2D eigenvalue weighted by molar-refractivity contribution is 9.47. The summed E-state index contributed by atoms with van der Waals surface area (Å²) in [5.74, 6) is 0. The summed E-state index contributed by atoms with van der Waals surface area (Å²) < 4.78 is 0. The van der Waals surface area contributed by atoms with Crippen molar-refractivity contribution in [3.05, 3.63) is 42.3 Å². The van der Waals surface area contributed by atoms with Crippen molar-refractivity contribution in [2.75, 3.05) is 0 Å². The van der Waals surface area contributed by atoms with E-state index in [1.165, 1.54) is 5.56 Å². The summed E-state index contributed by atoms with van der Waals surface area (Å²) in [4.78, 5) is 0. The second-order valence-corrected chi connectivity index (χ2v) is 10.1. The molecular weight excluding hydrogens is 280 g/mol. The van der Waals surface area contributed by atoms with Crippen LogP contribution >= 0.6 is 25.8 Å². The smallest absolute Gasteiger partial charge is 0.280 e. The fourth-order valence-corrected chi connectivity index (χ4v) is 0.610. The standard InChI is InChI=1S/C8H9.2BrH.Mg/c1-7-5-3-4-6-8(7)2;;;/h3-6H,1H2,2H3;2*1H;/q;;;+2/p-2. The van der Waals surface area contributed by atoms with Gasteiger partial charge in [-0.3, -0.25) is 25.8 Å². The van der Waals surface area contributed by atoms with Crippen LogP contribution in [0.3, 0.4) is 0 Å². The summed E-state index contributed by atoms with van der Waals surface area (Å²) in [5, 5.41) is 0. The molecule has 1 aromatic rings. The molecule has 1 rings (SSSR count). The Bertz CT molecular complexity index is 180. The highest BCUT2D eigenvalue weighted by Crippen LogP contribution is 2.02. The monoisotopic (exact) mass is 287 g/mol. The van der Waals surface area contributed by atoms with Crippen molar-refractivity contribution in [1.82, 2.24) is 0 Å². The average Bonchev–Trinajstić information content (AvgIpc) is 1.97. The van der Waals surface area contributed by atoms with Crippen molar-refractivity contribution >= 4 is 41.8 Å². The largest absolute Gasteiger partial charge is 0.560 e. The lowest BCUT2D eigenvalue weighted by atomic mass is 10.1. The van der Waals surface area contributed by atoms with E-state index in [9.17, 15) is 0 Å². The van der Waals surface area contributed by atoms with Gasteiger partial charge in [-0.05, 0) is 25.0 Å². The molecule has 0 N–H and O–H groups in total. The molecule has 57 valence electrons. The Morgan fingerprint density at radius 2 is 1.73 bits per heavy atom. The summed E-state index contributed by atoms with van der Waals surface area (Å²) >= 11 is 6.44. The highest BCUT2D eigenvalue weighted by atomic mass is 79.9. The molecule has 3 heteroatoms. The topological polar surface area (TPSA) is 0 Å². The maximum absolute atomic E-state index is 3.82. The molecule has 0 saturated carbocycles. The van der Waals surface area contributed by atoms with E-state index in [-0.39, 0.29) is 16.0 Å². The Balaban J connectivity index is 0.000000292. The molecule has 0 fully saturated rings. The summed E-state index contributed by atoms with van der Waals surface area (Å²) in [6.07, 6.45) is 0. The molecular formula is C8H9Br2Mg. The van der Waals surface area contributed by atoms with Crippen LogP contribution in [0.25, 0.3) is 0 Å². The van der Waals surface area contributed by atoms with Gasteiger partial charge in [0.25, 0.3) is 0 Å². The van der Waals surface area contributed by atoms with E-state index in [0.717, 1.165) is 5.56 Å². The van der Waals surface area contributed by atoms with Crippen LogP contribution in [0.1, 0.15) is 11.1 Å². The zero-order valence-corrected chi connectivity index (χ0v) is 11.1. The fourth-order valence-electron chi connectivity index (χ4n) is 0.610. The predicted molar refractivity (Wildman–Crippen MR) is 59.2 cm³/mol. The van der Waals surface area contributed by atoms with E-state index in [1.54, 1.807) is 0 Å². The van der Waals surface area contributed by atoms with Crippen LogP contribution in [0.5, 0.6) is 0 Å². The maximum atomic E-state index is 3.82. The number of hydrogen-bond acceptors (Lipinski definition) is 0. The first kappa shape index (κ1) is 11.9. The van der Waals surface area contributed by atoms with Gasteiger partial charge in [0, 0.05) is 0 Å². The zero-order valence-electron chi connectivity index (χ0n) is 6.48. The fraction of sp³-hybridized carbons (Fsp3) is 0.125. The molecule has 0 aliphatic heterocycles. The summed E-state index contributed by atoms with van der Waals surface area (Å²) in [6, 6.07) is 8.08. The highest BCUT2D eigenvalue weighted by Gasteiger charge is 1.84. The van der Waals surface area contributed by atoms with E-state index in [2.05, 4.69) is 45.7 Å². The minimum Gasteiger partial charge on any atom is -0.280 e. The van der Waals surface area contributed by atoms with Crippen LogP contribution in [0.2, 0.25) is 0 Å². The van der Waals surface area contributed by atoms with Crippen molar-refractivity contribution in [3.63, 3.8) is 0 Å². The average molecular weight is 289 g/mol. The van der Waals surface area contributed by atoms with E-state index < -0.39 is 0 Å². The quantitative estimate of drug-likeness (QED) is 0.641. The zero-order chi connectivity index (χ0) is 8.69. The van der Waals surface area contributed by atoms with Gasteiger partial charge in [-0.15, -0.1) is 0 Å². The third-order valence-electron chi connectivity index (χ3n) is 1.26. The number of rotatable bonds is 0. The van der Waals surface area contributed by atoms with Crippen LogP contribution in [-0.4, -0.2) is 16.0 Å². The van der Waals surface area contributed by atoms with Crippen LogP contribution in [0.15, 0.2) is 24.3 Å². The van der Waals surface area contributed by atoms with Crippen molar-refractivity contribution in [2.45, 2.75) is 6.92 Å². The lowest BCUT2D eigenvalue weighted by Crippen LogP contribution is -1.74. The third kappa shape index (κ3) is 6.14. The van der Waals surface area contributed by atoms with Gasteiger partial charge in [-0.2, -0.15) is 0 Å². The van der Waals surface area contributed by atoms with Gasteiger partial charge in [0.15, 0.2) is 0 Å². The van der Waals surface area contributed by atoms with E-state index in [4.69, 9.17) is 0 Å². The first-order valence-electron chi connectivity index (χ1n) is 3.22. The maximum Gasteiger partial charge on any atom is 0.560 e. The van der Waals surface area contributed by atoms with Gasteiger partial charge in [-0.1, -0.05) is 24.3 Å². The molecule has 0 aromatic heterocycles. The van der Waals surface area contributed by atoms with Crippen molar-refractivity contribution < 1.29 is 0 Å². The lowest BCUT2D eigenvalue weighted by Gasteiger charge is -1.93. The minimum absolute atomic E-state index is 0.0417. The van der Waals surface area contributed by atoms with Crippen LogP contribution in [0, 0.1) is 13.8 Å². The SMILES string of the molecule is [Br][Mg][Br].[CH2]c1ccccc1C. The number of aryl methyl sites for hydroxylation is 1. The number of halogens is 2. The third-order valence-corrected chi connectivity index (χ3v) is 1.26. The Morgan fingerprint density at radius 1 is 1.27 bits per heavy atom. The predicted octanol–water partition coefficient (Wildman–Crippen LogP) is 3.49. The van der Waals surface area contributed by atoms with Gasteiger partial charge >= 0.3 is 16.0 Å². The van der Waals surface area contributed by atoms with Crippen LogP contribution < -0.4 is 0 Å². The van der Waals surface area contributed by atoms with E-state index >= 15 is 0 Å². The van der Waals surface area contributed by atoms with Gasteiger partial charge in [0.2, 0.25) is 0 Å². The first-order valence-corrected chi connectivity index (χ1v) is 11.0. The van der Waals surface area contributed by atoms with Crippen LogP contribution in [0.4, 0.5) is 0 Å². The molecule has 0 atom stereocenters. The molecule has 0 bridgehead atoms. The van der Waals surface area contributed by atoms with Gasteiger partial charge in [-0.25, -0.2) is 0 Å². The normalized spacial score (nSPS) is 7.64. The first-order chi connectivity index (χ1) is 5.22.